The average molecular weight is 223 g/mol. The third-order valence-corrected chi connectivity index (χ3v) is 2.01. The van der Waals surface area contributed by atoms with Crippen LogP contribution in [0.4, 0.5) is 0 Å². The maximum absolute atomic E-state index is 10.8. The highest BCUT2D eigenvalue weighted by atomic mass is 16.6. The second kappa shape index (κ2) is 6.95. The lowest BCUT2D eigenvalue weighted by Crippen LogP contribution is -2.30. The van der Waals surface area contributed by atoms with Gasteiger partial charge in [0.25, 0.3) is 5.91 Å². The minimum atomic E-state index is -0.327. The van der Waals surface area contributed by atoms with Gasteiger partial charge in [-0.2, -0.15) is 0 Å². The van der Waals surface area contributed by atoms with Gasteiger partial charge in [-0.25, -0.2) is 5.48 Å². The summed E-state index contributed by atoms with van der Waals surface area (Å²) in [5.74, 6) is -0.327. The van der Waals surface area contributed by atoms with Gasteiger partial charge in [0.1, 0.15) is 0 Å². The van der Waals surface area contributed by atoms with Gasteiger partial charge in [-0.3, -0.25) is 9.63 Å². The zero-order valence-electron chi connectivity index (χ0n) is 9.32. The Morgan fingerprint density at radius 2 is 1.94 bits per heavy atom. The molecule has 0 spiro atoms. The fraction of sp³-hybridized carbons (Fsp3) is 0.364. The van der Waals surface area contributed by atoms with Gasteiger partial charge in [0, 0.05) is 6.54 Å². The molecule has 0 unspecified atom stereocenters. The number of hydrogen-bond acceptors (Lipinski definition) is 4. The van der Waals surface area contributed by atoms with E-state index in [1.807, 2.05) is 31.3 Å². The first-order valence-corrected chi connectivity index (χ1v) is 5.09. The number of nitrogens with one attached hydrogen (secondary N) is 2. The van der Waals surface area contributed by atoms with Crippen LogP contribution in [0.25, 0.3) is 0 Å². The van der Waals surface area contributed by atoms with Crippen molar-refractivity contribution in [2.75, 3.05) is 13.6 Å². The molecular formula is C11H17N3O2. The van der Waals surface area contributed by atoms with E-state index in [1.165, 1.54) is 5.56 Å². The standard InChI is InChI=1S/C11H17N3O2/c1-13-7-9-2-4-10(5-3-9)8-16-14-11(15)6-12/h2-5,13H,6-8,12H2,1H3,(H,14,15). The van der Waals surface area contributed by atoms with Crippen molar-refractivity contribution >= 4 is 5.91 Å². The predicted molar refractivity (Wildman–Crippen MR) is 61.2 cm³/mol. The molecule has 0 aliphatic rings. The number of benzene rings is 1. The third kappa shape index (κ3) is 4.39. The molecule has 0 heterocycles. The summed E-state index contributed by atoms with van der Waals surface area (Å²) in [5.41, 5.74) is 9.55. The fourth-order valence-corrected chi connectivity index (χ4v) is 1.20. The van der Waals surface area contributed by atoms with Crippen LogP contribution in [0, 0.1) is 0 Å². The van der Waals surface area contributed by atoms with Crippen LogP contribution >= 0.6 is 0 Å². The Bertz CT molecular complexity index is 325. The maximum atomic E-state index is 10.8. The van der Waals surface area contributed by atoms with Crippen molar-refractivity contribution in [3.05, 3.63) is 35.4 Å². The lowest BCUT2D eigenvalue weighted by Gasteiger charge is -2.05. The molecular weight excluding hydrogens is 206 g/mol. The maximum Gasteiger partial charge on any atom is 0.257 e. The number of amides is 1. The number of hydroxylamine groups is 1. The Kier molecular flexibility index (Phi) is 5.49. The number of hydrogen-bond donors (Lipinski definition) is 3. The van der Waals surface area contributed by atoms with E-state index in [9.17, 15) is 4.79 Å². The predicted octanol–water partition coefficient (Wildman–Crippen LogP) is -0.0875. The molecule has 0 aliphatic heterocycles. The second-order valence-corrected chi connectivity index (χ2v) is 3.36. The smallest absolute Gasteiger partial charge is 0.257 e. The van der Waals surface area contributed by atoms with Crippen LogP contribution in [0.5, 0.6) is 0 Å². The van der Waals surface area contributed by atoms with E-state index in [1.54, 1.807) is 0 Å². The van der Waals surface area contributed by atoms with E-state index in [4.69, 9.17) is 10.6 Å². The molecule has 0 bridgehead atoms. The van der Waals surface area contributed by atoms with E-state index < -0.39 is 0 Å². The molecule has 16 heavy (non-hydrogen) atoms. The van der Waals surface area contributed by atoms with Crippen LogP contribution in [-0.2, 0) is 22.8 Å². The van der Waals surface area contributed by atoms with Crippen molar-refractivity contribution in [3.8, 4) is 0 Å². The Labute approximate surface area is 94.9 Å². The molecule has 4 N–H and O–H groups in total. The van der Waals surface area contributed by atoms with E-state index in [0.717, 1.165) is 12.1 Å². The summed E-state index contributed by atoms with van der Waals surface area (Å²) in [7, 11) is 1.90. The molecule has 0 radical (unpaired) electrons. The monoisotopic (exact) mass is 223 g/mol. The van der Waals surface area contributed by atoms with Crippen molar-refractivity contribution in [2.45, 2.75) is 13.2 Å². The molecule has 5 nitrogen and oxygen atoms in total. The highest BCUT2D eigenvalue weighted by Crippen LogP contribution is 2.04. The van der Waals surface area contributed by atoms with Crippen molar-refractivity contribution < 1.29 is 9.63 Å². The molecule has 0 fully saturated rings. The zero-order chi connectivity index (χ0) is 11.8. The van der Waals surface area contributed by atoms with E-state index in [0.29, 0.717) is 6.61 Å². The molecule has 5 heteroatoms. The fourth-order valence-electron chi connectivity index (χ4n) is 1.20. The molecule has 0 saturated carbocycles. The van der Waals surface area contributed by atoms with Crippen LogP contribution in [0.15, 0.2) is 24.3 Å². The van der Waals surface area contributed by atoms with Gasteiger partial charge in [0.15, 0.2) is 0 Å². The Hall–Kier alpha value is -1.43. The van der Waals surface area contributed by atoms with Crippen LogP contribution in [0.3, 0.4) is 0 Å². The molecule has 88 valence electrons. The molecule has 1 amide bonds. The molecule has 1 aromatic rings. The number of nitrogens with two attached hydrogens (primary N) is 1. The lowest BCUT2D eigenvalue weighted by molar-refractivity contribution is -0.133. The summed E-state index contributed by atoms with van der Waals surface area (Å²) < 4.78 is 0. The number of carbonyl (C=O) groups is 1. The summed E-state index contributed by atoms with van der Waals surface area (Å²) in [4.78, 5) is 15.7. The van der Waals surface area contributed by atoms with Crippen molar-refractivity contribution in [2.24, 2.45) is 5.73 Å². The zero-order valence-corrected chi connectivity index (χ0v) is 9.32. The number of carbonyl (C=O) groups excluding carboxylic acids is 1. The van der Waals surface area contributed by atoms with Gasteiger partial charge in [0.05, 0.1) is 13.2 Å². The first kappa shape index (κ1) is 12.6. The normalized spacial score (nSPS) is 10.1. The first-order chi connectivity index (χ1) is 7.76. The van der Waals surface area contributed by atoms with E-state index in [2.05, 4.69) is 10.8 Å². The Morgan fingerprint density at radius 1 is 1.31 bits per heavy atom. The van der Waals surface area contributed by atoms with Crippen molar-refractivity contribution in [1.82, 2.24) is 10.8 Å². The van der Waals surface area contributed by atoms with Crippen LogP contribution in [0.1, 0.15) is 11.1 Å². The Morgan fingerprint density at radius 3 is 2.50 bits per heavy atom. The van der Waals surface area contributed by atoms with Gasteiger partial charge >= 0.3 is 0 Å². The quantitative estimate of drug-likeness (QED) is 0.589. The van der Waals surface area contributed by atoms with Crippen LogP contribution in [0.2, 0.25) is 0 Å². The van der Waals surface area contributed by atoms with Crippen molar-refractivity contribution in [1.29, 1.82) is 0 Å². The van der Waals surface area contributed by atoms with Gasteiger partial charge in [-0.15, -0.1) is 0 Å². The SMILES string of the molecule is CNCc1ccc(CONC(=O)CN)cc1. The largest absolute Gasteiger partial charge is 0.322 e. The molecule has 1 rings (SSSR count). The molecule has 0 aliphatic carbocycles. The second-order valence-electron chi connectivity index (χ2n) is 3.36. The molecule has 1 aromatic carbocycles. The first-order valence-electron chi connectivity index (χ1n) is 5.09. The summed E-state index contributed by atoms with van der Waals surface area (Å²) in [6.45, 7) is 1.11. The highest BCUT2D eigenvalue weighted by Gasteiger charge is 1.98. The van der Waals surface area contributed by atoms with Gasteiger partial charge in [-0.05, 0) is 18.2 Å². The molecule has 0 saturated heterocycles. The minimum Gasteiger partial charge on any atom is -0.322 e. The lowest BCUT2D eigenvalue weighted by atomic mass is 10.1. The molecule has 0 atom stereocenters. The third-order valence-electron chi connectivity index (χ3n) is 2.01. The summed E-state index contributed by atoms with van der Waals surface area (Å²) >= 11 is 0. The average Bonchev–Trinajstić information content (AvgIpc) is 2.31. The van der Waals surface area contributed by atoms with Gasteiger partial charge in [0.2, 0.25) is 0 Å². The topological polar surface area (TPSA) is 76.4 Å². The number of rotatable bonds is 6. The van der Waals surface area contributed by atoms with Crippen LogP contribution < -0.4 is 16.5 Å². The van der Waals surface area contributed by atoms with E-state index >= 15 is 0 Å². The van der Waals surface area contributed by atoms with Gasteiger partial charge in [-0.1, -0.05) is 24.3 Å². The van der Waals surface area contributed by atoms with Gasteiger partial charge < -0.3 is 11.1 Å². The van der Waals surface area contributed by atoms with E-state index in [-0.39, 0.29) is 12.5 Å². The highest BCUT2D eigenvalue weighted by molar-refractivity contribution is 5.76. The van der Waals surface area contributed by atoms with Crippen molar-refractivity contribution in [3.63, 3.8) is 0 Å². The summed E-state index contributed by atoms with van der Waals surface area (Å²) in [5, 5.41) is 3.07. The minimum absolute atomic E-state index is 0.0683. The molecule has 0 aromatic heterocycles. The van der Waals surface area contributed by atoms with Crippen LogP contribution in [-0.4, -0.2) is 19.5 Å². The summed E-state index contributed by atoms with van der Waals surface area (Å²) in [6, 6.07) is 7.95. The summed E-state index contributed by atoms with van der Waals surface area (Å²) in [6.07, 6.45) is 0. The Balaban J connectivity index is 2.34.